The van der Waals surface area contributed by atoms with E-state index in [1.165, 1.54) is 0 Å². The zero-order chi connectivity index (χ0) is 21.1. The molecular formula is C22H26N4O4. The molecule has 8 nitrogen and oxygen atoms in total. The minimum absolute atomic E-state index is 0.0489. The van der Waals surface area contributed by atoms with E-state index in [4.69, 9.17) is 0 Å². The fraction of sp³-hybridized carbons (Fsp3) is 0.455. The van der Waals surface area contributed by atoms with Gasteiger partial charge in [0.15, 0.2) is 0 Å². The Morgan fingerprint density at radius 3 is 1.17 bits per heavy atom. The summed E-state index contributed by atoms with van der Waals surface area (Å²) in [7, 11) is 0. The quantitative estimate of drug-likeness (QED) is 0.494. The number of rotatable bonds is 7. The van der Waals surface area contributed by atoms with Gasteiger partial charge in [-0.05, 0) is 63.0 Å². The van der Waals surface area contributed by atoms with Gasteiger partial charge in [0.1, 0.15) is 0 Å². The Hall–Kier alpha value is -2.84. The lowest BCUT2D eigenvalue weighted by atomic mass is 9.90. The molecule has 2 unspecified atom stereocenters. The lowest BCUT2D eigenvalue weighted by Gasteiger charge is -2.40. The van der Waals surface area contributed by atoms with Gasteiger partial charge in [0.2, 0.25) is 0 Å². The van der Waals surface area contributed by atoms with Gasteiger partial charge in [0.05, 0.1) is 21.9 Å². The highest BCUT2D eigenvalue weighted by molar-refractivity contribution is 5.39. The molecule has 2 saturated heterocycles. The van der Waals surface area contributed by atoms with Gasteiger partial charge in [-0.2, -0.15) is 0 Å². The highest BCUT2D eigenvalue weighted by Gasteiger charge is 2.37. The predicted octanol–water partition coefficient (Wildman–Crippen LogP) is 4.48. The van der Waals surface area contributed by atoms with E-state index in [1.807, 2.05) is 24.3 Å². The van der Waals surface area contributed by atoms with Crippen LogP contribution in [0.4, 0.5) is 11.4 Å². The fourth-order valence-corrected chi connectivity index (χ4v) is 4.81. The third-order valence-electron chi connectivity index (χ3n) is 6.26. The van der Waals surface area contributed by atoms with Gasteiger partial charge < -0.3 is 0 Å². The first-order valence-corrected chi connectivity index (χ1v) is 10.5. The van der Waals surface area contributed by atoms with E-state index in [0.29, 0.717) is 0 Å². The second-order valence-corrected chi connectivity index (χ2v) is 8.07. The van der Waals surface area contributed by atoms with Gasteiger partial charge in [-0.25, -0.2) is 0 Å². The van der Waals surface area contributed by atoms with Crippen LogP contribution in [0.25, 0.3) is 0 Å². The van der Waals surface area contributed by atoms with E-state index >= 15 is 0 Å². The molecule has 0 bridgehead atoms. The van der Waals surface area contributed by atoms with Crippen molar-refractivity contribution in [3.63, 3.8) is 0 Å². The van der Waals surface area contributed by atoms with Crippen molar-refractivity contribution in [3.05, 3.63) is 79.9 Å². The molecule has 0 radical (unpaired) electrons. The van der Waals surface area contributed by atoms with Gasteiger partial charge in [-0.15, -0.1) is 0 Å². The molecule has 2 heterocycles. The largest absolute Gasteiger partial charge is 0.294 e. The molecule has 2 aliphatic heterocycles. The molecule has 0 spiro atoms. The molecule has 2 aromatic carbocycles. The van der Waals surface area contributed by atoms with Gasteiger partial charge in [0, 0.05) is 24.3 Å². The number of nitrogens with zero attached hydrogens (tertiary/aromatic N) is 4. The van der Waals surface area contributed by atoms with E-state index in [0.717, 1.165) is 63.0 Å². The summed E-state index contributed by atoms with van der Waals surface area (Å²) in [5.41, 5.74) is 2.29. The third kappa shape index (κ3) is 4.20. The van der Waals surface area contributed by atoms with Gasteiger partial charge in [-0.1, -0.05) is 24.3 Å². The molecule has 30 heavy (non-hydrogen) atoms. The number of nitro groups is 2. The van der Waals surface area contributed by atoms with Crippen molar-refractivity contribution < 1.29 is 9.85 Å². The van der Waals surface area contributed by atoms with Crippen molar-refractivity contribution in [1.82, 2.24) is 9.80 Å². The van der Waals surface area contributed by atoms with Crippen molar-refractivity contribution in [3.8, 4) is 0 Å². The zero-order valence-corrected chi connectivity index (χ0v) is 16.9. The van der Waals surface area contributed by atoms with E-state index in [1.54, 1.807) is 24.3 Å². The molecule has 4 rings (SSSR count). The summed E-state index contributed by atoms with van der Waals surface area (Å²) in [5.74, 6) is 0. The molecule has 0 saturated carbocycles. The Bertz CT molecular complexity index is 813. The summed E-state index contributed by atoms with van der Waals surface area (Å²) >= 11 is 0. The van der Waals surface area contributed by atoms with Crippen molar-refractivity contribution >= 4 is 11.4 Å². The van der Waals surface area contributed by atoms with Gasteiger partial charge in [0.25, 0.3) is 11.4 Å². The van der Waals surface area contributed by atoms with E-state index in [9.17, 15) is 20.2 Å². The minimum atomic E-state index is -0.372. The first kappa shape index (κ1) is 20.4. The monoisotopic (exact) mass is 410 g/mol. The first-order valence-electron chi connectivity index (χ1n) is 10.5. The van der Waals surface area contributed by atoms with Crippen LogP contribution >= 0.6 is 0 Å². The maximum Gasteiger partial charge on any atom is 0.269 e. The van der Waals surface area contributed by atoms with E-state index < -0.39 is 0 Å². The summed E-state index contributed by atoms with van der Waals surface area (Å²) in [6.45, 7) is 3.94. The van der Waals surface area contributed by atoms with Crippen molar-refractivity contribution in [2.75, 3.05) is 26.2 Å². The maximum absolute atomic E-state index is 11.1. The third-order valence-corrected chi connectivity index (χ3v) is 6.26. The SMILES string of the molecule is O=[N+]([O-])c1ccc(C(C(c2ccc([N+](=O)[O-])cc2)N2CCCC2)N2CCCC2)cc1. The van der Waals surface area contributed by atoms with Crippen molar-refractivity contribution in [2.24, 2.45) is 0 Å². The Morgan fingerprint density at radius 1 is 0.600 bits per heavy atom. The average Bonchev–Trinajstić information content (AvgIpc) is 3.46. The van der Waals surface area contributed by atoms with E-state index in [-0.39, 0.29) is 33.3 Å². The minimum Gasteiger partial charge on any atom is -0.294 e. The Kier molecular flexibility index (Phi) is 6.06. The smallest absolute Gasteiger partial charge is 0.269 e. The van der Waals surface area contributed by atoms with Gasteiger partial charge >= 0.3 is 0 Å². The zero-order valence-electron chi connectivity index (χ0n) is 16.9. The van der Waals surface area contributed by atoms with Crippen LogP contribution in [0, 0.1) is 20.2 Å². The van der Waals surface area contributed by atoms with Crippen LogP contribution in [0.5, 0.6) is 0 Å². The fourth-order valence-electron chi connectivity index (χ4n) is 4.81. The Labute approximate surface area is 175 Å². The molecule has 2 fully saturated rings. The first-order chi connectivity index (χ1) is 14.5. The maximum atomic E-state index is 11.1. The summed E-state index contributed by atoms with van der Waals surface area (Å²) in [6, 6.07) is 13.9. The van der Waals surface area contributed by atoms with Crippen LogP contribution in [0.15, 0.2) is 48.5 Å². The van der Waals surface area contributed by atoms with Crippen LogP contribution < -0.4 is 0 Å². The molecule has 2 atom stereocenters. The van der Waals surface area contributed by atoms with Crippen LogP contribution in [-0.2, 0) is 0 Å². The molecule has 0 aliphatic carbocycles. The topological polar surface area (TPSA) is 92.8 Å². The normalized spacial score (nSPS) is 19.6. The number of nitro benzene ring substituents is 2. The summed E-state index contributed by atoms with van der Waals surface area (Å²) in [6.07, 6.45) is 4.54. The van der Waals surface area contributed by atoms with Crippen molar-refractivity contribution in [1.29, 1.82) is 0 Å². The van der Waals surface area contributed by atoms with Crippen LogP contribution in [0.1, 0.15) is 48.9 Å². The second-order valence-electron chi connectivity index (χ2n) is 8.07. The van der Waals surface area contributed by atoms with Gasteiger partial charge in [-0.3, -0.25) is 30.0 Å². The molecule has 8 heteroatoms. The summed E-state index contributed by atoms with van der Waals surface area (Å²) in [5, 5.41) is 22.2. The average molecular weight is 410 g/mol. The second kappa shape index (κ2) is 8.89. The highest BCUT2D eigenvalue weighted by Crippen LogP contribution is 2.42. The standard InChI is InChI=1S/C22H26N4O4/c27-25(28)19-9-5-17(6-10-19)21(23-13-1-2-14-23)22(24-15-3-4-16-24)18-7-11-20(12-8-18)26(29)30/h5-12,21-22H,1-4,13-16H2. The lowest BCUT2D eigenvalue weighted by molar-refractivity contribution is -0.385. The molecule has 0 amide bonds. The lowest BCUT2D eigenvalue weighted by Crippen LogP contribution is -2.39. The molecule has 2 aromatic rings. The number of hydrogen-bond donors (Lipinski definition) is 0. The molecule has 2 aliphatic rings. The molecular weight excluding hydrogens is 384 g/mol. The van der Waals surface area contributed by atoms with Crippen LogP contribution in [-0.4, -0.2) is 45.8 Å². The number of benzene rings is 2. The molecule has 0 aromatic heterocycles. The predicted molar refractivity (Wildman–Crippen MR) is 113 cm³/mol. The number of hydrogen-bond acceptors (Lipinski definition) is 6. The highest BCUT2D eigenvalue weighted by atomic mass is 16.6. The summed E-state index contributed by atoms with van der Waals surface area (Å²) < 4.78 is 0. The number of likely N-dealkylation sites (tertiary alicyclic amines) is 2. The Morgan fingerprint density at radius 2 is 0.900 bits per heavy atom. The molecule has 0 N–H and O–H groups in total. The van der Waals surface area contributed by atoms with Crippen LogP contribution in [0.3, 0.4) is 0 Å². The summed E-state index contributed by atoms with van der Waals surface area (Å²) in [4.78, 5) is 26.4. The van der Waals surface area contributed by atoms with Crippen LogP contribution in [0.2, 0.25) is 0 Å². The number of non-ortho nitro benzene ring substituents is 2. The van der Waals surface area contributed by atoms with E-state index in [2.05, 4.69) is 9.80 Å². The Balaban J connectivity index is 1.76. The molecule has 158 valence electrons. The van der Waals surface area contributed by atoms with Crippen molar-refractivity contribution in [2.45, 2.75) is 37.8 Å².